The van der Waals surface area contributed by atoms with E-state index < -0.39 is 0 Å². The van der Waals surface area contributed by atoms with E-state index in [4.69, 9.17) is 0 Å². The van der Waals surface area contributed by atoms with Crippen LogP contribution in [0.4, 0.5) is 0 Å². The van der Waals surface area contributed by atoms with Crippen molar-refractivity contribution in [1.82, 2.24) is 5.32 Å². The van der Waals surface area contributed by atoms with Gasteiger partial charge in [-0.2, -0.15) is 0 Å². The summed E-state index contributed by atoms with van der Waals surface area (Å²) in [6, 6.07) is 0. The third-order valence-electron chi connectivity index (χ3n) is 0.888. The van der Waals surface area contributed by atoms with E-state index in [-0.39, 0.29) is 0 Å². The molecule has 0 spiro atoms. The Balaban J connectivity index is 2.79. The van der Waals surface area contributed by atoms with Crippen molar-refractivity contribution in [2.45, 2.75) is 13.8 Å². The topological polar surface area (TPSA) is 26.5 Å². The monoisotopic (exact) mass is 173 g/mol. The van der Waals surface area contributed by atoms with Gasteiger partial charge in [-0.1, -0.05) is 0 Å². The molecule has 1 aliphatic heterocycles. The van der Waals surface area contributed by atoms with Crippen molar-refractivity contribution in [3.63, 3.8) is 0 Å². The summed E-state index contributed by atoms with van der Waals surface area (Å²) in [5.74, 6) is 0.828. The lowest BCUT2D eigenvalue weighted by atomic mass is 10.6. The van der Waals surface area contributed by atoms with Gasteiger partial charge in [-0.25, -0.2) is 10.3 Å². The molecular formula is C5H6BrN2. The molecule has 0 fully saturated rings. The minimum absolute atomic E-state index is 0.828. The Morgan fingerprint density at radius 2 is 2.00 bits per heavy atom. The Morgan fingerprint density at radius 1 is 1.38 bits per heavy atom. The van der Waals surface area contributed by atoms with E-state index in [1.807, 2.05) is 13.8 Å². The Bertz CT molecular complexity index is 169. The van der Waals surface area contributed by atoms with Gasteiger partial charge < -0.3 is 0 Å². The molecule has 1 radical (unpaired) electrons. The fraction of sp³-hybridized carbons (Fsp3) is 0.400. The third-order valence-corrected chi connectivity index (χ3v) is 1.64. The number of amidine groups is 1. The van der Waals surface area contributed by atoms with Crippen molar-refractivity contribution in [1.29, 1.82) is 0 Å². The van der Waals surface area contributed by atoms with E-state index >= 15 is 0 Å². The van der Waals surface area contributed by atoms with E-state index in [2.05, 4.69) is 26.2 Å². The van der Waals surface area contributed by atoms with E-state index in [1.54, 1.807) is 0 Å². The SMILES string of the molecule is CC1=NC(C)=C(Br)[N]1. The van der Waals surface area contributed by atoms with E-state index in [0.717, 1.165) is 16.1 Å². The average Bonchev–Trinajstić information content (AvgIpc) is 1.85. The van der Waals surface area contributed by atoms with Gasteiger partial charge in [0, 0.05) is 0 Å². The van der Waals surface area contributed by atoms with Crippen molar-refractivity contribution in [3.05, 3.63) is 10.3 Å². The molecule has 0 amide bonds. The summed E-state index contributed by atoms with van der Waals surface area (Å²) in [4.78, 5) is 4.05. The molecule has 0 N–H and O–H groups in total. The largest absolute Gasteiger partial charge is 0.236 e. The van der Waals surface area contributed by atoms with Gasteiger partial charge >= 0.3 is 0 Å². The zero-order valence-corrected chi connectivity index (χ0v) is 6.36. The van der Waals surface area contributed by atoms with E-state index in [0.29, 0.717) is 0 Å². The molecule has 0 aromatic rings. The first-order chi connectivity index (χ1) is 3.70. The van der Waals surface area contributed by atoms with Gasteiger partial charge in [0.25, 0.3) is 0 Å². The maximum absolute atomic E-state index is 4.05. The Kier molecular flexibility index (Phi) is 1.38. The molecule has 8 heavy (non-hydrogen) atoms. The highest BCUT2D eigenvalue weighted by atomic mass is 79.9. The first kappa shape index (κ1) is 5.82. The van der Waals surface area contributed by atoms with Crippen LogP contribution in [0.3, 0.4) is 0 Å². The molecule has 1 heterocycles. The molecular weight excluding hydrogens is 168 g/mol. The Labute approximate surface area is 56.8 Å². The van der Waals surface area contributed by atoms with Gasteiger partial charge in [0.15, 0.2) is 0 Å². The van der Waals surface area contributed by atoms with Crippen LogP contribution in [0.25, 0.3) is 0 Å². The lowest BCUT2D eigenvalue weighted by Gasteiger charge is -1.85. The standard InChI is InChI=1S/C5H6BrN2/c1-3-5(6)8-4(2)7-3/h1-2H3. The normalized spacial score (nSPS) is 18.6. The smallest absolute Gasteiger partial charge is 0.129 e. The summed E-state index contributed by atoms with van der Waals surface area (Å²) in [7, 11) is 0. The molecule has 0 aromatic carbocycles. The summed E-state index contributed by atoms with van der Waals surface area (Å²) in [5.41, 5.74) is 0.961. The molecule has 0 aromatic heterocycles. The molecule has 1 aliphatic rings. The van der Waals surface area contributed by atoms with Crippen molar-refractivity contribution in [2.75, 3.05) is 0 Å². The lowest BCUT2D eigenvalue weighted by Crippen LogP contribution is -2.01. The summed E-state index contributed by atoms with van der Waals surface area (Å²) >= 11 is 3.24. The first-order valence-corrected chi connectivity index (χ1v) is 3.13. The Hall–Kier alpha value is -0.310. The second kappa shape index (κ2) is 1.90. The molecule has 3 heteroatoms. The lowest BCUT2D eigenvalue weighted by molar-refractivity contribution is 1.24. The molecule has 0 saturated heterocycles. The number of halogens is 1. The number of aliphatic imine (C=N–C) groups is 1. The van der Waals surface area contributed by atoms with Crippen LogP contribution < -0.4 is 5.32 Å². The van der Waals surface area contributed by atoms with Crippen molar-refractivity contribution in [3.8, 4) is 0 Å². The van der Waals surface area contributed by atoms with Gasteiger partial charge in [0.2, 0.25) is 0 Å². The van der Waals surface area contributed by atoms with Crippen LogP contribution in [0.1, 0.15) is 13.8 Å². The molecule has 1 rings (SSSR count). The first-order valence-electron chi connectivity index (χ1n) is 2.33. The molecule has 0 aliphatic carbocycles. The Morgan fingerprint density at radius 3 is 2.12 bits per heavy atom. The highest BCUT2D eigenvalue weighted by Gasteiger charge is 2.07. The zero-order valence-electron chi connectivity index (χ0n) is 4.77. The van der Waals surface area contributed by atoms with Crippen LogP contribution in [0, 0.1) is 0 Å². The number of hydrogen-bond acceptors (Lipinski definition) is 1. The molecule has 0 bridgehead atoms. The van der Waals surface area contributed by atoms with Gasteiger partial charge in [0.1, 0.15) is 10.4 Å². The fourth-order valence-corrected chi connectivity index (χ4v) is 0.882. The van der Waals surface area contributed by atoms with Crippen LogP contribution in [0.2, 0.25) is 0 Å². The van der Waals surface area contributed by atoms with Gasteiger partial charge in [-0.05, 0) is 29.8 Å². The van der Waals surface area contributed by atoms with Crippen molar-refractivity contribution < 1.29 is 0 Å². The number of allylic oxidation sites excluding steroid dienone is 1. The van der Waals surface area contributed by atoms with Crippen LogP contribution in [0.15, 0.2) is 15.3 Å². The zero-order chi connectivity index (χ0) is 6.15. The number of hydrogen-bond donors (Lipinski definition) is 0. The quantitative estimate of drug-likeness (QED) is 0.498. The van der Waals surface area contributed by atoms with Gasteiger partial charge in [-0.15, -0.1) is 0 Å². The summed E-state index contributed by atoms with van der Waals surface area (Å²) in [6.07, 6.45) is 0. The predicted octanol–water partition coefficient (Wildman–Crippen LogP) is 1.61. The third kappa shape index (κ3) is 0.916. The van der Waals surface area contributed by atoms with Gasteiger partial charge in [0.05, 0.1) is 5.70 Å². The molecule has 0 saturated carbocycles. The predicted molar refractivity (Wildman–Crippen MR) is 36.9 cm³/mol. The fourth-order valence-electron chi connectivity index (χ4n) is 0.537. The van der Waals surface area contributed by atoms with Crippen LogP contribution >= 0.6 is 15.9 Å². The molecule has 0 unspecified atom stereocenters. The number of rotatable bonds is 0. The summed E-state index contributed by atoms with van der Waals surface area (Å²) in [5, 5.41) is 4.02. The van der Waals surface area contributed by atoms with Crippen LogP contribution in [-0.4, -0.2) is 5.84 Å². The second-order valence-corrected chi connectivity index (χ2v) is 2.40. The second-order valence-electron chi connectivity index (χ2n) is 1.65. The van der Waals surface area contributed by atoms with Crippen LogP contribution in [0.5, 0.6) is 0 Å². The number of nitrogens with zero attached hydrogens (tertiary/aromatic N) is 2. The van der Waals surface area contributed by atoms with Crippen molar-refractivity contribution >= 4 is 21.8 Å². The highest BCUT2D eigenvalue weighted by molar-refractivity contribution is 9.11. The van der Waals surface area contributed by atoms with E-state index in [1.165, 1.54) is 0 Å². The average molecular weight is 174 g/mol. The highest BCUT2D eigenvalue weighted by Crippen LogP contribution is 2.16. The molecule has 0 atom stereocenters. The van der Waals surface area contributed by atoms with Crippen LogP contribution in [-0.2, 0) is 0 Å². The maximum Gasteiger partial charge on any atom is 0.129 e. The van der Waals surface area contributed by atoms with Gasteiger partial charge in [-0.3, -0.25) is 0 Å². The summed E-state index contributed by atoms with van der Waals surface area (Å²) in [6.45, 7) is 3.79. The maximum atomic E-state index is 4.05. The molecule has 43 valence electrons. The molecule has 2 nitrogen and oxygen atoms in total. The van der Waals surface area contributed by atoms with Crippen molar-refractivity contribution in [2.24, 2.45) is 4.99 Å². The van der Waals surface area contributed by atoms with E-state index in [9.17, 15) is 0 Å². The minimum Gasteiger partial charge on any atom is -0.236 e. The minimum atomic E-state index is 0.828. The summed E-state index contributed by atoms with van der Waals surface area (Å²) < 4.78 is 0.856.